The molecule has 102 valence electrons. The summed E-state index contributed by atoms with van der Waals surface area (Å²) < 4.78 is 26.2. The van der Waals surface area contributed by atoms with Crippen molar-refractivity contribution in [1.82, 2.24) is 10.0 Å². The highest BCUT2D eigenvalue weighted by Crippen LogP contribution is 2.32. The van der Waals surface area contributed by atoms with Crippen molar-refractivity contribution in [1.29, 1.82) is 0 Å². The van der Waals surface area contributed by atoms with Crippen LogP contribution in [-0.2, 0) is 10.0 Å². The van der Waals surface area contributed by atoms with Gasteiger partial charge in [0.25, 0.3) is 0 Å². The summed E-state index contributed by atoms with van der Waals surface area (Å²) in [5, 5.41) is 3.29. The van der Waals surface area contributed by atoms with Gasteiger partial charge in [-0.05, 0) is 45.1 Å². The van der Waals surface area contributed by atoms with Gasteiger partial charge in [0.1, 0.15) is 0 Å². The lowest BCUT2D eigenvalue weighted by atomic mass is 10.2. The van der Waals surface area contributed by atoms with Crippen LogP contribution in [0.1, 0.15) is 46.5 Å². The van der Waals surface area contributed by atoms with Crippen molar-refractivity contribution < 1.29 is 8.42 Å². The van der Waals surface area contributed by atoms with Crippen LogP contribution in [0.4, 0.5) is 0 Å². The maximum absolute atomic E-state index is 11.7. The van der Waals surface area contributed by atoms with E-state index in [0.717, 1.165) is 19.4 Å². The van der Waals surface area contributed by atoms with Gasteiger partial charge in [0.2, 0.25) is 10.0 Å². The van der Waals surface area contributed by atoms with Crippen LogP contribution < -0.4 is 10.0 Å². The van der Waals surface area contributed by atoms with Crippen molar-refractivity contribution in [3.63, 3.8) is 0 Å². The van der Waals surface area contributed by atoms with E-state index in [1.54, 1.807) is 0 Å². The van der Waals surface area contributed by atoms with Crippen molar-refractivity contribution in [2.45, 2.75) is 58.5 Å². The number of hydrogen-bond donors (Lipinski definition) is 2. The van der Waals surface area contributed by atoms with E-state index in [-0.39, 0.29) is 11.8 Å². The molecule has 4 nitrogen and oxygen atoms in total. The Balaban J connectivity index is 2.11. The third-order valence-corrected chi connectivity index (χ3v) is 4.64. The Morgan fingerprint density at radius 3 is 2.35 bits per heavy atom. The van der Waals surface area contributed by atoms with Crippen LogP contribution in [0.2, 0.25) is 0 Å². The summed E-state index contributed by atoms with van der Waals surface area (Å²) in [5.74, 6) is 0.830. The first-order valence-corrected chi connectivity index (χ1v) is 8.29. The Bertz CT molecular complexity index is 310. The minimum absolute atomic E-state index is 0.119. The smallest absolute Gasteiger partial charge is 0.211 e. The fourth-order valence-corrected chi connectivity index (χ4v) is 3.30. The zero-order chi connectivity index (χ0) is 12.9. The Hall–Kier alpha value is -0.130. The SMILES string of the molecule is CC(C)NCCCCS(=O)(=O)NC(C)C1CC1. The van der Waals surface area contributed by atoms with Gasteiger partial charge in [-0.2, -0.15) is 0 Å². The van der Waals surface area contributed by atoms with Gasteiger partial charge in [-0.15, -0.1) is 0 Å². The standard InChI is InChI=1S/C12H26N2O2S/c1-10(2)13-8-4-5-9-17(15,16)14-11(3)12-6-7-12/h10-14H,4-9H2,1-3H3. The Morgan fingerprint density at radius 2 is 1.82 bits per heavy atom. The van der Waals surface area contributed by atoms with Gasteiger partial charge in [-0.25, -0.2) is 13.1 Å². The summed E-state index contributed by atoms with van der Waals surface area (Å²) >= 11 is 0. The monoisotopic (exact) mass is 262 g/mol. The molecule has 1 aliphatic rings. The zero-order valence-electron chi connectivity index (χ0n) is 11.2. The van der Waals surface area contributed by atoms with E-state index in [1.807, 2.05) is 6.92 Å². The zero-order valence-corrected chi connectivity index (χ0v) is 12.0. The number of sulfonamides is 1. The maximum atomic E-state index is 11.7. The average molecular weight is 262 g/mol. The van der Waals surface area contributed by atoms with Crippen LogP contribution in [0.15, 0.2) is 0 Å². The van der Waals surface area contributed by atoms with Crippen LogP contribution in [0, 0.1) is 5.92 Å². The molecule has 5 heteroatoms. The molecule has 1 rings (SSSR count). The highest BCUT2D eigenvalue weighted by Gasteiger charge is 2.30. The van der Waals surface area contributed by atoms with Gasteiger partial charge in [-0.3, -0.25) is 0 Å². The number of hydrogen-bond acceptors (Lipinski definition) is 3. The van der Waals surface area contributed by atoms with Gasteiger partial charge in [0.15, 0.2) is 0 Å². The van der Waals surface area contributed by atoms with E-state index in [2.05, 4.69) is 23.9 Å². The van der Waals surface area contributed by atoms with Crippen molar-refractivity contribution in [3.8, 4) is 0 Å². The molecular weight excluding hydrogens is 236 g/mol. The predicted octanol–water partition coefficient (Wildman–Crippen LogP) is 1.48. The second-order valence-electron chi connectivity index (χ2n) is 5.38. The van der Waals surface area contributed by atoms with Gasteiger partial charge in [-0.1, -0.05) is 13.8 Å². The van der Waals surface area contributed by atoms with Crippen LogP contribution >= 0.6 is 0 Å². The van der Waals surface area contributed by atoms with E-state index in [9.17, 15) is 8.42 Å². The second kappa shape index (κ2) is 6.71. The second-order valence-corrected chi connectivity index (χ2v) is 7.25. The summed E-state index contributed by atoms with van der Waals surface area (Å²) in [4.78, 5) is 0. The lowest BCUT2D eigenvalue weighted by Crippen LogP contribution is -2.35. The fourth-order valence-electron chi connectivity index (χ4n) is 1.84. The highest BCUT2D eigenvalue weighted by molar-refractivity contribution is 7.89. The minimum atomic E-state index is -3.06. The lowest BCUT2D eigenvalue weighted by Gasteiger charge is -2.13. The van der Waals surface area contributed by atoms with Crippen molar-refractivity contribution in [2.75, 3.05) is 12.3 Å². The molecule has 0 heterocycles. The summed E-state index contributed by atoms with van der Waals surface area (Å²) in [7, 11) is -3.06. The molecule has 0 radical (unpaired) electrons. The molecule has 2 N–H and O–H groups in total. The van der Waals surface area contributed by atoms with Gasteiger partial charge in [0.05, 0.1) is 5.75 Å². The summed E-state index contributed by atoms with van der Waals surface area (Å²) in [6.45, 7) is 7.05. The maximum Gasteiger partial charge on any atom is 0.211 e. The molecule has 0 aromatic rings. The largest absolute Gasteiger partial charge is 0.315 e. The molecule has 0 spiro atoms. The molecule has 1 atom stereocenters. The predicted molar refractivity (Wildman–Crippen MR) is 71.5 cm³/mol. The summed E-state index contributed by atoms with van der Waals surface area (Å²) in [5.41, 5.74) is 0. The number of rotatable bonds is 9. The van der Waals surface area contributed by atoms with Crippen molar-refractivity contribution >= 4 is 10.0 Å². The molecule has 0 bridgehead atoms. The normalized spacial score (nSPS) is 18.6. The lowest BCUT2D eigenvalue weighted by molar-refractivity contribution is 0.530. The topological polar surface area (TPSA) is 58.2 Å². The molecule has 0 aromatic heterocycles. The fraction of sp³-hybridized carbons (Fsp3) is 1.00. The van der Waals surface area contributed by atoms with Crippen molar-refractivity contribution in [3.05, 3.63) is 0 Å². The third-order valence-electron chi connectivity index (χ3n) is 3.09. The van der Waals surface area contributed by atoms with E-state index >= 15 is 0 Å². The van der Waals surface area contributed by atoms with E-state index in [1.165, 1.54) is 12.8 Å². The molecule has 1 fully saturated rings. The molecule has 0 amide bonds. The molecule has 1 unspecified atom stereocenters. The highest BCUT2D eigenvalue weighted by atomic mass is 32.2. The van der Waals surface area contributed by atoms with Gasteiger partial charge >= 0.3 is 0 Å². The van der Waals surface area contributed by atoms with Crippen molar-refractivity contribution in [2.24, 2.45) is 5.92 Å². The first-order chi connectivity index (χ1) is 7.91. The van der Waals surface area contributed by atoms with E-state index in [0.29, 0.717) is 12.0 Å². The molecule has 17 heavy (non-hydrogen) atoms. The van der Waals surface area contributed by atoms with Gasteiger partial charge < -0.3 is 5.32 Å². The first kappa shape index (κ1) is 14.9. The molecule has 0 aliphatic heterocycles. The van der Waals surface area contributed by atoms with E-state index in [4.69, 9.17) is 0 Å². The Kier molecular flexibility index (Phi) is 5.89. The molecule has 1 aliphatic carbocycles. The number of unbranched alkanes of at least 4 members (excludes halogenated alkanes) is 1. The average Bonchev–Trinajstić information content (AvgIpc) is 2.98. The molecule has 0 aromatic carbocycles. The third kappa shape index (κ3) is 7.01. The van der Waals surface area contributed by atoms with E-state index < -0.39 is 10.0 Å². The molecule has 1 saturated carbocycles. The van der Waals surface area contributed by atoms with Gasteiger partial charge in [0, 0.05) is 12.1 Å². The van der Waals surface area contributed by atoms with Crippen LogP contribution in [0.5, 0.6) is 0 Å². The van der Waals surface area contributed by atoms with Crippen LogP contribution in [0.3, 0.4) is 0 Å². The quantitative estimate of drug-likeness (QED) is 0.619. The Labute approximate surface area is 106 Å². The summed E-state index contributed by atoms with van der Waals surface area (Å²) in [6, 6.07) is 0.591. The van der Waals surface area contributed by atoms with Crippen LogP contribution in [0.25, 0.3) is 0 Å². The minimum Gasteiger partial charge on any atom is -0.315 e. The first-order valence-electron chi connectivity index (χ1n) is 6.64. The number of nitrogens with one attached hydrogen (secondary N) is 2. The summed E-state index contributed by atoms with van der Waals surface area (Å²) in [6.07, 6.45) is 3.98. The van der Waals surface area contributed by atoms with Crippen LogP contribution in [-0.4, -0.2) is 32.8 Å². The molecular formula is C12H26N2O2S. The Morgan fingerprint density at radius 1 is 1.18 bits per heavy atom. The molecule has 0 saturated heterocycles.